The maximum atomic E-state index is 11.6. The van der Waals surface area contributed by atoms with Crippen LogP contribution in [0.4, 0.5) is 0 Å². The zero-order chi connectivity index (χ0) is 13.2. The number of likely N-dealkylation sites (tertiary alicyclic amines) is 1. The van der Waals surface area contributed by atoms with Crippen LogP contribution >= 0.6 is 0 Å². The molecule has 2 heterocycles. The van der Waals surface area contributed by atoms with E-state index in [4.69, 9.17) is 0 Å². The summed E-state index contributed by atoms with van der Waals surface area (Å²) in [4.78, 5) is 2.42. The normalized spacial score (nSPS) is 36.9. The molecule has 3 unspecified atom stereocenters. The van der Waals surface area contributed by atoms with Crippen molar-refractivity contribution in [1.82, 2.24) is 10.2 Å². The van der Waals surface area contributed by atoms with Gasteiger partial charge in [0.1, 0.15) is 0 Å². The first-order chi connectivity index (χ1) is 8.55. The molecule has 18 heavy (non-hydrogen) atoms. The number of rotatable bonds is 4. The summed E-state index contributed by atoms with van der Waals surface area (Å²) in [6.07, 6.45) is 3.17. The molecule has 106 valence electrons. The van der Waals surface area contributed by atoms with Gasteiger partial charge < -0.3 is 5.32 Å². The Bertz CT molecular complexity index is 369. The number of sulfone groups is 1. The first kappa shape index (κ1) is 14.3. The van der Waals surface area contributed by atoms with E-state index in [0.29, 0.717) is 23.5 Å². The number of piperidine rings is 1. The van der Waals surface area contributed by atoms with Crippen LogP contribution in [0.3, 0.4) is 0 Å². The summed E-state index contributed by atoms with van der Waals surface area (Å²) in [5, 5.41) is 3.57. The molecule has 0 saturated carbocycles. The van der Waals surface area contributed by atoms with Gasteiger partial charge in [-0.3, -0.25) is 4.90 Å². The molecule has 0 aromatic carbocycles. The van der Waals surface area contributed by atoms with Crippen LogP contribution in [0, 0.1) is 5.92 Å². The third kappa shape index (κ3) is 3.25. The molecular formula is C13H26N2O2S. The van der Waals surface area contributed by atoms with E-state index in [9.17, 15) is 8.42 Å². The predicted octanol–water partition coefficient (Wildman–Crippen LogP) is 0.884. The standard InChI is InChI=1S/C13H26N2O2S/c1-3-11-9-15(7-5-13(11)14-4-2)12-6-8-18(16,17)10-12/h11-14H,3-10H2,1-2H3. The van der Waals surface area contributed by atoms with Crippen LogP contribution in [0.15, 0.2) is 0 Å². The first-order valence-corrected chi connectivity index (χ1v) is 9.05. The minimum atomic E-state index is -2.75. The third-order valence-electron chi connectivity index (χ3n) is 4.48. The van der Waals surface area contributed by atoms with Crippen molar-refractivity contribution in [3.63, 3.8) is 0 Å². The molecular weight excluding hydrogens is 248 g/mol. The van der Waals surface area contributed by atoms with Gasteiger partial charge in [0, 0.05) is 18.6 Å². The number of hydrogen-bond acceptors (Lipinski definition) is 4. The van der Waals surface area contributed by atoms with Gasteiger partial charge in [0.25, 0.3) is 0 Å². The summed E-state index contributed by atoms with van der Waals surface area (Å²) < 4.78 is 23.1. The molecule has 0 amide bonds. The molecule has 2 aliphatic heterocycles. The van der Waals surface area contributed by atoms with Crippen molar-refractivity contribution in [3.05, 3.63) is 0 Å². The van der Waals surface area contributed by atoms with Crippen molar-refractivity contribution in [2.24, 2.45) is 5.92 Å². The van der Waals surface area contributed by atoms with Gasteiger partial charge in [0.05, 0.1) is 11.5 Å². The molecule has 3 atom stereocenters. The van der Waals surface area contributed by atoms with E-state index in [1.54, 1.807) is 0 Å². The van der Waals surface area contributed by atoms with Crippen LogP contribution < -0.4 is 5.32 Å². The van der Waals surface area contributed by atoms with Gasteiger partial charge in [-0.05, 0) is 31.8 Å². The lowest BCUT2D eigenvalue weighted by atomic mass is 9.89. The smallest absolute Gasteiger partial charge is 0.151 e. The lowest BCUT2D eigenvalue weighted by molar-refractivity contribution is 0.104. The van der Waals surface area contributed by atoms with Crippen LogP contribution in [0.25, 0.3) is 0 Å². The fourth-order valence-electron chi connectivity index (χ4n) is 3.40. The van der Waals surface area contributed by atoms with Crippen molar-refractivity contribution in [3.8, 4) is 0 Å². The van der Waals surface area contributed by atoms with E-state index in [1.165, 1.54) is 6.42 Å². The van der Waals surface area contributed by atoms with Crippen molar-refractivity contribution in [2.75, 3.05) is 31.1 Å². The van der Waals surface area contributed by atoms with Crippen molar-refractivity contribution >= 4 is 9.84 Å². The lowest BCUT2D eigenvalue weighted by Gasteiger charge is -2.41. The number of nitrogens with one attached hydrogen (secondary N) is 1. The highest BCUT2D eigenvalue weighted by Crippen LogP contribution is 2.26. The monoisotopic (exact) mass is 274 g/mol. The van der Waals surface area contributed by atoms with E-state index in [1.807, 2.05) is 0 Å². The fourth-order valence-corrected chi connectivity index (χ4v) is 5.16. The quantitative estimate of drug-likeness (QED) is 0.827. The van der Waals surface area contributed by atoms with Gasteiger partial charge in [0.2, 0.25) is 0 Å². The topological polar surface area (TPSA) is 49.4 Å². The Kier molecular flexibility index (Phi) is 4.67. The number of nitrogens with zero attached hydrogens (tertiary/aromatic N) is 1. The van der Waals surface area contributed by atoms with E-state index in [2.05, 4.69) is 24.1 Å². The average molecular weight is 274 g/mol. The Hall–Kier alpha value is -0.130. The summed E-state index contributed by atoms with van der Waals surface area (Å²) in [5.41, 5.74) is 0. The fraction of sp³-hybridized carbons (Fsp3) is 1.00. The Morgan fingerprint density at radius 1 is 1.28 bits per heavy atom. The second-order valence-corrected chi connectivity index (χ2v) is 7.90. The highest BCUT2D eigenvalue weighted by atomic mass is 32.2. The Morgan fingerprint density at radius 2 is 2.06 bits per heavy atom. The molecule has 2 rings (SSSR count). The molecule has 1 N–H and O–H groups in total. The molecule has 0 radical (unpaired) electrons. The second-order valence-electron chi connectivity index (χ2n) is 5.67. The second kappa shape index (κ2) is 5.88. The van der Waals surface area contributed by atoms with Gasteiger partial charge in [-0.1, -0.05) is 20.3 Å². The summed E-state index contributed by atoms with van der Waals surface area (Å²) in [6.45, 7) is 7.54. The molecule has 0 aromatic rings. The summed E-state index contributed by atoms with van der Waals surface area (Å²) in [5.74, 6) is 1.44. The van der Waals surface area contributed by atoms with Gasteiger partial charge >= 0.3 is 0 Å². The summed E-state index contributed by atoms with van der Waals surface area (Å²) in [7, 11) is -2.75. The van der Waals surface area contributed by atoms with E-state index in [-0.39, 0.29) is 6.04 Å². The third-order valence-corrected chi connectivity index (χ3v) is 6.23. The van der Waals surface area contributed by atoms with E-state index in [0.717, 1.165) is 32.5 Å². The van der Waals surface area contributed by atoms with Crippen LogP contribution in [-0.4, -0.2) is 56.5 Å². The minimum Gasteiger partial charge on any atom is -0.314 e. The summed E-state index contributed by atoms with van der Waals surface area (Å²) >= 11 is 0. The van der Waals surface area contributed by atoms with Gasteiger partial charge in [-0.15, -0.1) is 0 Å². The molecule has 0 aliphatic carbocycles. The highest BCUT2D eigenvalue weighted by molar-refractivity contribution is 7.91. The first-order valence-electron chi connectivity index (χ1n) is 7.23. The predicted molar refractivity (Wildman–Crippen MR) is 74.5 cm³/mol. The molecule has 2 saturated heterocycles. The van der Waals surface area contributed by atoms with Gasteiger partial charge in [0.15, 0.2) is 9.84 Å². The Morgan fingerprint density at radius 3 is 2.61 bits per heavy atom. The molecule has 4 nitrogen and oxygen atoms in total. The highest BCUT2D eigenvalue weighted by Gasteiger charge is 2.36. The maximum Gasteiger partial charge on any atom is 0.151 e. The van der Waals surface area contributed by atoms with Crippen molar-refractivity contribution in [1.29, 1.82) is 0 Å². The minimum absolute atomic E-state index is 0.284. The zero-order valence-corrected chi connectivity index (χ0v) is 12.4. The molecule has 0 aromatic heterocycles. The van der Waals surface area contributed by atoms with Crippen LogP contribution in [-0.2, 0) is 9.84 Å². The molecule has 5 heteroatoms. The van der Waals surface area contributed by atoms with Crippen LogP contribution in [0.2, 0.25) is 0 Å². The average Bonchev–Trinajstić information content (AvgIpc) is 2.70. The van der Waals surface area contributed by atoms with Gasteiger partial charge in [-0.2, -0.15) is 0 Å². The van der Waals surface area contributed by atoms with Crippen molar-refractivity contribution < 1.29 is 8.42 Å². The number of hydrogen-bond donors (Lipinski definition) is 1. The lowest BCUT2D eigenvalue weighted by Crippen LogP contribution is -2.52. The van der Waals surface area contributed by atoms with Gasteiger partial charge in [-0.25, -0.2) is 8.42 Å². The molecule has 0 bridgehead atoms. The van der Waals surface area contributed by atoms with Crippen LogP contribution in [0.5, 0.6) is 0 Å². The molecule has 0 spiro atoms. The maximum absolute atomic E-state index is 11.6. The molecule has 2 fully saturated rings. The van der Waals surface area contributed by atoms with E-state index < -0.39 is 9.84 Å². The van der Waals surface area contributed by atoms with Crippen LogP contribution in [0.1, 0.15) is 33.1 Å². The van der Waals surface area contributed by atoms with E-state index >= 15 is 0 Å². The van der Waals surface area contributed by atoms with Crippen molar-refractivity contribution in [2.45, 2.75) is 45.2 Å². The zero-order valence-electron chi connectivity index (χ0n) is 11.6. The Labute approximate surface area is 111 Å². The largest absolute Gasteiger partial charge is 0.314 e. The molecule has 2 aliphatic rings. The SMILES string of the molecule is CCNC1CCN(C2CCS(=O)(=O)C2)CC1CC. The summed E-state index contributed by atoms with van der Waals surface area (Å²) in [6, 6.07) is 0.904. The Balaban J connectivity index is 1.93.